The fourth-order valence-electron chi connectivity index (χ4n) is 3.31. The van der Waals surface area contributed by atoms with Crippen molar-refractivity contribution in [1.82, 2.24) is 14.5 Å². The lowest BCUT2D eigenvalue weighted by Gasteiger charge is -2.12. The Morgan fingerprint density at radius 3 is 2.96 bits per heavy atom. The van der Waals surface area contributed by atoms with Gasteiger partial charge in [0.1, 0.15) is 11.5 Å². The Balaban J connectivity index is 1.78. The van der Waals surface area contributed by atoms with Gasteiger partial charge in [-0.3, -0.25) is 9.36 Å². The lowest BCUT2D eigenvalue weighted by molar-refractivity contribution is 0.457. The van der Waals surface area contributed by atoms with E-state index < -0.39 is 0 Å². The fourth-order valence-corrected chi connectivity index (χ4v) is 3.31. The molecule has 25 heavy (non-hydrogen) atoms. The zero-order valence-electron chi connectivity index (χ0n) is 14.2. The minimum absolute atomic E-state index is 0.0676. The summed E-state index contributed by atoms with van der Waals surface area (Å²) in [5.41, 5.74) is 2.38. The van der Waals surface area contributed by atoms with Crippen molar-refractivity contribution in [3.63, 3.8) is 0 Å². The molecule has 4 nitrogen and oxygen atoms in total. The Kier molecular flexibility index (Phi) is 4.07. The van der Waals surface area contributed by atoms with Crippen molar-refractivity contribution in [2.75, 3.05) is 0 Å². The van der Waals surface area contributed by atoms with E-state index in [4.69, 9.17) is 4.98 Å². The Morgan fingerprint density at radius 1 is 1.20 bits per heavy atom. The number of nitrogens with zero attached hydrogens (tertiary/aromatic N) is 3. The Labute approximate surface area is 146 Å². The predicted octanol–water partition coefficient (Wildman–Crippen LogP) is 3.16. The smallest absolute Gasteiger partial charge is 0.261 e. The van der Waals surface area contributed by atoms with Gasteiger partial charge in [0.05, 0.1) is 10.9 Å². The highest BCUT2D eigenvalue weighted by atomic mass is 16.1. The van der Waals surface area contributed by atoms with Crippen molar-refractivity contribution in [3.05, 3.63) is 70.0 Å². The molecule has 0 fully saturated rings. The first kappa shape index (κ1) is 15.6. The molecule has 124 valence electrons. The van der Waals surface area contributed by atoms with E-state index in [0.717, 1.165) is 48.4 Å². The van der Waals surface area contributed by atoms with Gasteiger partial charge in [-0.1, -0.05) is 18.9 Å². The van der Waals surface area contributed by atoms with Crippen LogP contribution in [0.3, 0.4) is 0 Å². The van der Waals surface area contributed by atoms with Crippen LogP contribution in [0.25, 0.3) is 10.9 Å². The van der Waals surface area contributed by atoms with Crippen LogP contribution in [0.2, 0.25) is 0 Å². The van der Waals surface area contributed by atoms with Gasteiger partial charge in [0.2, 0.25) is 0 Å². The number of aryl methyl sites for hydroxylation is 1. The van der Waals surface area contributed by atoms with E-state index in [9.17, 15) is 4.79 Å². The summed E-state index contributed by atoms with van der Waals surface area (Å²) in [5.74, 6) is 7.57. The molecule has 3 aromatic rings. The lowest BCUT2D eigenvalue weighted by atomic mass is 10.1. The number of fused-ring (bicyclic) bond motifs is 2. The van der Waals surface area contributed by atoms with Crippen molar-refractivity contribution >= 4 is 10.9 Å². The molecule has 0 saturated heterocycles. The Morgan fingerprint density at radius 2 is 2.12 bits per heavy atom. The van der Waals surface area contributed by atoms with Gasteiger partial charge in [0.25, 0.3) is 5.56 Å². The first-order valence-corrected chi connectivity index (χ1v) is 8.67. The van der Waals surface area contributed by atoms with Gasteiger partial charge in [0.15, 0.2) is 0 Å². The first-order chi connectivity index (χ1) is 12.2. The maximum atomic E-state index is 12.8. The normalized spacial score (nSPS) is 16.6. The van der Waals surface area contributed by atoms with E-state index in [1.807, 2.05) is 41.0 Å². The molecule has 0 bridgehead atoms. The Bertz CT molecular complexity index is 1040. The van der Waals surface area contributed by atoms with Crippen LogP contribution in [0, 0.1) is 17.8 Å². The molecule has 0 aliphatic carbocycles. The van der Waals surface area contributed by atoms with Gasteiger partial charge in [-0.15, -0.1) is 0 Å². The lowest BCUT2D eigenvalue weighted by Crippen LogP contribution is -2.26. The maximum Gasteiger partial charge on any atom is 0.261 e. The highest BCUT2D eigenvalue weighted by Gasteiger charge is 2.17. The number of rotatable bonds is 0. The molecule has 0 spiro atoms. The van der Waals surface area contributed by atoms with Crippen molar-refractivity contribution in [1.29, 1.82) is 0 Å². The second kappa shape index (κ2) is 6.52. The van der Waals surface area contributed by atoms with Crippen LogP contribution >= 0.6 is 0 Å². The van der Waals surface area contributed by atoms with Crippen molar-refractivity contribution in [3.8, 4) is 11.8 Å². The zero-order chi connectivity index (χ0) is 17.2. The summed E-state index contributed by atoms with van der Waals surface area (Å²) in [6.07, 6.45) is 4.81. The molecular formula is C21H19N3O. The molecule has 0 radical (unpaired) electrons. The zero-order valence-corrected chi connectivity index (χ0v) is 14.2. The summed E-state index contributed by atoms with van der Waals surface area (Å²) in [5, 5.41) is 0.668. The average Bonchev–Trinajstić information content (AvgIpc) is 2.82. The van der Waals surface area contributed by atoms with Crippen molar-refractivity contribution in [2.45, 2.75) is 32.7 Å². The molecule has 2 aromatic heterocycles. The van der Waals surface area contributed by atoms with Crippen LogP contribution in [-0.2, 0) is 13.0 Å². The van der Waals surface area contributed by atoms with E-state index in [1.165, 1.54) is 0 Å². The number of pyridine rings is 1. The number of hydrogen-bond acceptors (Lipinski definition) is 3. The number of benzene rings is 1. The van der Waals surface area contributed by atoms with Gasteiger partial charge >= 0.3 is 0 Å². The molecule has 1 aromatic carbocycles. The standard InChI is InChI=1S/C21H19N3O/c1-15-5-4-7-20-23-19-13-16(8-10-17-6-2-3-12-22-17)9-11-18(19)21(25)24(20)14-15/h2-3,6,9,11-13,15H,4-5,7,14H2,1H3/t15-/m0/s1. The molecule has 1 atom stereocenters. The summed E-state index contributed by atoms with van der Waals surface area (Å²) in [6, 6.07) is 11.3. The minimum atomic E-state index is 0.0676. The third-order valence-corrected chi connectivity index (χ3v) is 4.63. The summed E-state index contributed by atoms with van der Waals surface area (Å²) in [7, 11) is 0. The van der Waals surface area contributed by atoms with Gasteiger partial charge in [-0.2, -0.15) is 0 Å². The fraction of sp³-hybridized carbons (Fsp3) is 0.286. The monoisotopic (exact) mass is 329 g/mol. The van der Waals surface area contributed by atoms with Crippen LogP contribution < -0.4 is 5.56 Å². The van der Waals surface area contributed by atoms with Crippen molar-refractivity contribution < 1.29 is 0 Å². The molecule has 0 amide bonds. The van der Waals surface area contributed by atoms with Crippen LogP contribution in [0.5, 0.6) is 0 Å². The van der Waals surface area contributed by atoms with Crippen LogP contribution in [-0.4, -0.2) is 14.5 Å². The van der Waals surface area contributed by atoms with Crippen LogP contribution in [0.1, 0.15) is 36.8 Å². The molecule has 4 rings (SSSR count). The summed E-state index contributed by atoms with van der Waals surface area (Å²) >= 11 is 0. The first-order valence-electron chi connectivity index (χ1n) is 8.67. The molecule has 4 heteroatoms. The van der Waals surface area contributed by atoms with E-state index >= 15 is 0 Å². The maximum absolute atomic E-state index is 12.8. The van der Waals surface area contributed by atoms with Gasteiger partial charge < -0.3 is 0 Å². The third-order valence-electron chi connectivity index (χ3n) is 4.63. The number of aromatic nitrogens is 3. The summed E-state index contributed by atoms with van der Waals surface area (Å²) in [4.78, 5) is 21.8. The molecular weight excluding hydrogens is 310 g/mol. The topological polar surface area (TPSA) is 47.8 Å². The minimum Gasteiger partial charge on any atom is -0.296 e. The largest absolute Gasteiger partial charge is 0.296 e. The van der Waals surface area contributed by atoms with E-state index in [2.05, 4.69) is 23.7 Å². The van der Waals surface area contributed by atoms with Crippen LogP contribution in [0.4, 0.5) is 0 Å². The second-order valence-corrected chi connectivity index (χ2v) is 6.64. The summed E-state index contributed by atoms with van der Waals surface area (Å²) in [6.45, 7) is 2.96. The van der Waals surface area contributed by atoms with Gasteiger partial charge in [-0.05, 0) is 55.0 Å². The highest BCUT2D eigenvalue weighted by Crippen LogP contribution is 2.19. The average molecular weight is 329 g/mol. The van der Waals surface area contributed by atoms with Crippen LogP contribution in [0.15, 0.2) is 47.4 Å². The second-order valence-electron chi connectivity index (χ2n) is 6.64. The van der Waals surface area contributed by atoms with Gasteiger partial charge in [-0.25, -0.2) is 9.97 Å². The molecule has 0 unspecified atom stereocenters. The molecule has 1 aliphatic heterocycles. The molecule has 0 saturated carbocycles. The van der Waals surface area contributed by atoms with E-state index in [1.54, 1.807) is 6.20 Å². The summed E-state index contributed by atoms with van der Waals surface area (Å²) < 4.78 is 1.86. The SMILES string of the molecule is C[C@H]1CCCc2nc3cc(C#Cc4ccccn4)ccc3c(=O)n2C1. The van der Waals surface area contributed by atoms with E-state index in [-0.39, 0.29) is 5.56 Å². The highest BCUT2D eigenvalue weighted by molar-refractivity contribution is 5.79. The predicted molar refractivity (Wildman–Crippen MR) is 98.3 cm³/mol. The van der Waals surface area contributed by atoms with E-state index in [0.29, 0.717) is 11.3 Å². The molecule has 0 N–H and O–H groups in total. The molecule has 3 heterocycles. The quantitative estimate of drug-likeness (QED) is 0.595. The van der Waals surface area contributed by atoms with Gasteiger partial charge in [0, 0.05) is 24.7 Å². The Hall–Kier alpha value is -2.93. The van der Waals surface area contributed by atoms with Crippen molar-refractivity contribution in [2.24, 2.45) is 5.92 Å². The third kappa shape index (κ3) is 3.18. The molecule has 1 aliphatic rings. The number of hydrogen-bond donors (Lipinski definition) is 0.